The zero-order valence-corrected chi connectivity index (χ0v) is 15.9. The van der Waals surface area contributed by atoms with Gasteiger partial charge in [-0.1, -0.05) is 62.4 Å². The largest absolute Gasteiger partial charge is 0.448 e. The first-order valence-corrected chi connectivity index (χ1v) is 9.25. The monoisotopic (exact) mass is 367 g/mol. The van der Waals surface area contributed by atoms with Crippen LogP contribution in [0, 0.1) is 5.92 Å². The van der Waals surface area contributed by atoms with E-state index in [0.29, 0.717) is 6.47 Å². The zero-order chi connectivity index (χ0) is 19.4. The van der Waals surface area contributed by atoms with Crippen LogP contribution in [-0.2, 0) is 14.3 Å². The Balaban J connectivity index is 1.74. The number of hydrogen-bond acceptors (Lipinski definition) is 4. The van der Waals surface area contributed by atoms with Crippen molar-refractivity contribution in [3.8, 4) is 11.1 Å². The van der Waals surface area contributed by atoms with Crippen LogP contribution < -0.4 is 0 Å². The van der Waals surface area contributed by atoms with Crippen molar-refractivity contribution in [2.75, 3.05) is 13.7 Å². The first-order chi connectivity index (χ1) is 13.1. The molecule has 1 aliphatic rings. The van der Waals surface area contributed by atoms with Gasteiger partial charge in [0.1, 0.15) is 6.61 Å². The Bertz CT molecular complexity index is 774. The Morgan fingerprint density at radius 2 is 1.67 bits per heavy atom. The average Bonchev–Trinajstić information content (AvgIpc) is 3.03. The molecule has 0 heterocycles. The fraction of sp³-hybridized carbons (Fsp3) is 0.364. The Labute approximate surface area is 159 Å². The Kier molecular flexibility index (Phi) is 5.79. The lowest BCUT2D eigenvalue weighted by molar-refractivity contribution is -0.145. The standard InChI is InChI=1S/C22H25NO4/c1-4-15(2)21(27-14-24)23(3)22(25)26-13-20-18-11-7-5-9-16(18)17-10-6-8-12-19(17)20/h5-12,14-15,20-21H,4,13H2,1-3H3/t15-,21+/m0/s1. The van der Waals surface area contributed by atoms with Crippen molar-refractivity contribution in [3.05, 3.63) is 59.7 Å². The summed E-state index contributed by atoms with van der Waals surface area (Å²) >= 11 is 0. The minimum absolute atomic E-state index is 0.00351. The van der Waals surface area contributed by atoms with E-state index in [1.54, 1.807) is 7.05 Å². The van der Waals surface area contributed by atoms with Gasteiger partial charge < -0.3 is 9.47 Å². The highest BCUT2D eigenvalue weighted by Gasteiger charge is 2.31. The summed E-state index contributed by atoms with van der Waals surface area (Å²) in [6.07, 6.45) is -0.355. The number of rotatable bonds is 7. The Morgan fingerprint density at radius 1 is 1.11 bits per heavy atom. The van der Waals surface area contributed by atoms with Gasteiger partial charge in [-0.3, -0.25) is 9.69 Å². The first kappa shape index (κ1) is 19.0. The maximum absolute atomic E-state index is 12.6. The van der Waals surface area contributed by atoms with Gasteiger partial charge in [0.2, 0.25) is 0 Å². The molecule has 0 fully saturated rings. The zero-order valence-electron chi connectivity index (χ0n) is 15.9. The van der Waals surface area contributed by atoms with Crippen molar-refractivity contribution in [3.63, 3.8) is 0 Å². The smallest absolute Gasteiger partial charge is 0.412 e. The molecule has 0 spiro atoms. The molecule has 2 aromatic rings. The molecule has 0 unspecified atom stereocenters. The second-order valence-corrected chi connectivity index (χ2v) is 6.92. The fourth-order valence-corrected chi connectivity index (χ4v) is 3.67. The molecule has 1 aliphatic carbocycles. The van der Waals surface area contributed by atoms with E-state index < -0.39 is 12.3 Å². The molecule has 2 atom stereocenters. The summed E-state index contributed by atoms with van der Waals surface area (Å²) in [5.41, 5.74) is 4.70. The number of carbonyl (C=O) groups excluding carboxylic acids is 2. The van der Waals surface area contributed by atoms with Crippen LogP contribution in [0.4, 0.5) is 4.79 Å². The molecule has 5 heteroatoms. The molecule has 1 amide bonds. The Hall–Kier alpha value is -2.82. The van der Waals surface area contributed by atoms with Crippen LogP contribution in [0.2, 0.25) is 0 Å². The van der Waals surface area contributed by atoms with Crippen LogP contribution in [0.5, 0.6) is 0 Å². The van der Waals surface area contributed by atoms with Crippen molar-refractivity contribution >= 4 is 12.6 Å². The third-order valence-electron chi connectivity index (χ3n) is 5.33. The molecule has 2 aromatic carbocycles. The number of benzene rings is 2. The van der Waals surface area contributed by atoms with Gasteiger partial charge in [-0.05, 0) is 28.7 Å². The SMILES string of the molecule is CC[C@H](C)[C@@H](OC=O)N(C)C(=O)OCC1c2ccccc2-c2ccccc21. The maximum Gasteiger partial charge on any atom is 0.412 e. The van der Waals surface area contributed by atoms with E-state index in [2.05, 4.69) is 24.3 Å². The van der Waals surface area contributed by atoms with Gasteiger partial charge in [-0.15, -0.1) is 0 Å². The lowest BCUT2D eigenvalue weighted by atomic mass is 9.98. The molecule has 27 heavy (non-hydrogen) atoms. The van der Waals surface area contributed by atoms with E-state index in [1.807, 2.05) is 38.1 Å². The Morgan fingerprint density at radius 3 is 2.19 bits per heavy atom. The lowest BCUT2D eigenvalue weighted by Gasteiger charge is -2.30. The summed E-state index contributed by atoms with van der Waals surface area (Å²) in [4.78, 5) is 24.7. The average molecular weight is 367 g/mol. The number of ether oxygens (including phenoxy) is 2. The molecule has 0 radical (unpaired) electrons. The molecular weight excluding hydrogens is 342 g/mol. The van der Waals surface area contributed by atoms with Gasteiger partial charge in [0.05, 0.1) is 0 Å². The molecule has 0 N–H and O–H groups in total. The highest BCUT2D eigenvalue weighted by atomic mass is 16.6. The molecule has 0 saturated heterocycles. The van der Waals surface area contributed by atoms with Crippen molar-refractivity contribution in [1.82, 2.24) is 4.90 Å². The molecule has 0 aliphatic heterocycles. The summed E-state index contributed by atoms with van der Waals surface area (Å²) < 4.78 is 10.7. The van der Waals surface area contributed by atoms with Crippen LogP contribution >= 0.6 is 0 Å². The molecular formula is C22H25NO4. The molecule has 5 nitrogen and oxygen atoms in total. The van der Waals surface area contributed by atoms with Gasteiger partial charge in [-0.2, -0.15) is 0 Å². The molecule has 3 rings (SSSR count). The summed E-state index contributed by atoms with van der Waals surface area (Å²) in [7, 11) is 1.60. The van der Waals surface area contributed by atoms with Crippen molar-refractivity contribution in [1.29, 1.82) is 0 Å². The van der Waals surface area contributed by atoms with E-state index in [-0.39, 0.29) is 18.4 Å². The molecule has 0 saturated carbocycles. The van der Waals surface area contributed by atoms with Crippen LogP contribution in [0.15, 0.2) is 48.5 Å². The molecule has 142 valence electrons. The van der Waals surface area contributed by atoms with Gasteiger partial charge in [0, 0.05) is 18.9 Å². The van der Waals surface area contributed by atoms with Gasteiger partial charge >= 0.3 is 6.09 Å². The summed E-state index contributed by atoms with van der Waals surface area (Å²) in [6, 6.07) is 16.4. The number of hydrogen-bond donors (Lipinski definition) is 0. The topological polar surface area (TPSA) is 55.8 Å². The predicted octanol–water partition coefficient (Wildman–Crippen LogP) is 4.41. The van der Waals surface area contributed by atoms with Gasteiger partial charge in [0.25, 0.3) is 6.47 Å². The van der Waals surface area contributed by atoms with Crippen molar-refractivity contribution in [2.45, 2.75) is 32.4 Å². The molecule has 0 bridgehead atoms. The predicted molar refractivity (Wildman–Crippen MR) is 103 cm³/mol. The van der Waals surface area contributed by atoms with Crippen molar-refractivity contribution < 1.29 is 19.1 Å². The second-order valence-electron chi connectivity index (χ2n) is 6.92. The molecule has 0 aromatic heterocycles. The summed E-state index contributed by atoms with van der Waals surface area (Å²) in [6.45, 7) is 4.54. The first-order valence-electron chi connectivity index (χ1n) is 9.25. The number of nitrogens with zero attached hydrogens (tertiary/aromatic N) is 1. The van der Waals surface area contributed by atoms with E-state index in [0.717, 1.165) is 17.5 Å². The van der Waals surface area contributed by atoms with Crippen LogP contribution in [0.1, 0.15) is 37.3 Å². The lowest BCUT2D eigenvalue weighted by Crippen LogP contribution is -2.43. The minimum Gasteiger partial charge on any atom is -0.448 e. The van der Waals surface area contributed by atoms with E-state index >= 15 is 0 Å². The van der Waals surface area contributed by atoms with Crippen LogP contribution in [0.25, 0.3) is 11.1 Å². The third kappa shape index (κ3) is 3.68. The number of carbonyl (C=O) groups is 2. The van der Waals surface area contributed by atoms with Gasteiger partial charge in [-0.25, -0.2) is 4.79 Å². The number of fused-ring (bicyclic) bond motifs is 3. The summed E-state index contributed by atoms with van der Waals surface area (Å²) in [5, 5.41) is 0. The normalized spacial score (nSPS) is 14.6. The van der Waals surface area contributed by atoms with Crippen molar-refractivity contribution in [2.24, 2.45) is 5.92 Å². The van der Waals surface area contributed by atoms with E-state index in [4.69, 9.17) is 9.47 Å². The number of amides is 1. The van der Waals surface area contributed by atoms with E-state index in [9.17, 15) is 9.59 Å². The highest BCUT2D eigenvalue weighted by molar-refractivity contribution is 5.79. The quantitative estimate of drug-likeness (QED) is 0.537. The minimum atomic E-state index is -0.636. The maximum atomic E-state index is 12.6. The summed E-state index contributed by atoms with van der Waals surface area (Å²) in [5.74, 6) is 0.0180. The van der Waals surface area contributed by atoms with Gasteiger partial charge in [0.15, 0.2) is 6.23 Å². The second kappa shape index (κ2) is 8.25. The third-order valence-corrected chi connectivity index (χ3v) is 5.33. The van der Waals surface area contributed by atoms with Crippen LogP contribution in [0.3, 0.4) is 0 Å². The van der Waals surface area contributed by atoms with Crippen LogP contribution in [-0.4, -0.2) is 37.3 Å². The van der Waals surface area contributed by atoms with E-state index in [1.165, 1.54) is 16.0 Å². The fourth-order valence-electron chi connectivity index (χ4n) is 3.67. The highest BCUT2D eigenvalue weighted by Crippen LogP contribution is 2.44.